The van der Waals surface area contributed by atoms with Gasteiger partial charge in [0.25, 0.3) is 5.91 Å². The quantitative estimate of drug-likeness (QED) is 0.826. The van der Waals surface area contributed by atoms with Crippen molar-refractivity contribution in [3.8, 4) is 0 Å². The molecule has 0 bridgehead atoms. The summed E-state index contributed by atoms with van der Waals surface area (Å²) in [5.74, 6) is -0.338. The first-order chi connectivity index (χ1) is 9.63. The smallest absolute Gasteiger partial charge is 0.417 e. The highest BCUT2D eigenvalue weighted by atomic mass is 16.6. The summed E-state index contributed by atoms with van der Waals surface area (Å²) >= 11 is 0. The summed E-state index contributed by atoms with van der Waals surface area (Å²) in [6.45, 7) is 4.13. The van der Waals surface area contributed by atoms with Gasteiger partial charge in [0.15, 0.2) is 0 Å². The lowest BCUT2D eigenvalue weighted by atomic mass is 10.1. The van der Waals surface area contributed by atoms with Crippen LogP contribution in [0.25, 0.3) is 0 Å². The summed E-state index contributed by atoms with van der Waals surface area (Å²) in [5.41, 5.74) is 1.07. The Kier molecular flexibility index (Phi) is 4.74. The molecule has 2 atom stereocenters. The Balaban J connectivity index is 2.08. The molecule has 0 aromatic heterocycles. The van der Waals surface area contributed by atoms with Gasteiger partial charge in [0.2, 0.25) is 0 Å². The molecule has 1 saturated heterocycles. The number of carbonyl (C=O) groups excluding carboxylic acids is 2. The van der Waals surface area contributed by atoms with Crippen LogP contribution in [0.4, 0.5) is 4.79 Å². The molecular formula is C15H19NO4. The van der Waals surface area contributed by atoms with E-state index in [4.69, 9.17) is 9.47 Å². The Morgan fingerprint density at radius 1 is 1.45 bits per heavy atom. The van der Waals surface area contributed by atoms with Crippen LogP contribution in [0.3, 0.4) is 0 Å². The van der Waals surface area contributed by atoms with Crippen LogP contribution >= 0.6 is 0 Å². The van der Waals surface area contributed by atoms with Crippen molar-refractivity contribution in [1.82, 2.24) is 4.90 Å². The van der Waals surface area contributed by atoms with Crippen LogP contribution in [0.15, 0.2) is 30.3 Å². The summed E-state index contributed by atoms with van der Waals surface area (Å²) < 4.78 is 10.3. The first kappa shape index (κ1) is 14.5. The fourth-order valence-corrected chi connectivity index (χ4v) is 2.28. The number of hydrogen-bond donors (Lipinski definition) is 0. The molecule has 5 nitrogen and oxygen atoms in total. The van der Waals surface area contributed by atoms with E-state index in [0.29, 0.717) is 13.0 Å². The monoisotopic (exact) mass is 277 g/mol. The Morgan fingerprint density at radius 2 is 2.15 bits per heavy atom. The number of hydrogen-bond acceptors (Lipinski definition) is 4. The number of nitrogens with zero attached hydrogens (tertiary/aromatic N) is 1. The lowest BCUT2D eigenvalue weighted by Gasteiger charge is -2.22. The molecule has 0 spiro atoms. The molecule has 1 heterocycles. The molecule has 2 rings (SSSR count). The van der Waals surface area contributed by atoms with Crippen LogP contribution in [0.5, 0.6) is 0 Å². The van der Waals surface area contributed by atoms with E-state index in [-0.39, 0.29) is 18.6 Å². The number of rotatable bonds is 5. The molecule has 2 amide bonds. The molecule has 2 unspecified atom stereocenters. The molecule has 1 aromatic rings. The maximum absolute atomic E-state index is 12.2. The maximum atomic E-state index is 12.2. The van der Waals surface area contributed by atoms with E-state index in [9.17, 15) is 9.59 Å². The van der Waals surface area contributed by atoms with Crippen LogP contribution < -0.4 is 0 Å². The largest absolute Gasteiger partial charge is 0.447 e. The van der Waals surface area contributed by atoms with Crippen molar-refractivity contribution in [2.75, 3.05) is 13.2 Å². The number of ether oxygens (including phenoxy) is 2. The van der Waals surface area contributed by atoms with Crippen molar-refractivity contribution < 1.29 is 19.1 Å². The van der Waals surface area contributed by atoms with E-state index in [1.165, 1.54) is 4.90 Å². The number of amides is 2. The molecule has 0 aliphatic carbocycles. The molecule has 1 aliphatic rings. The normalized spacial score (nSPS) is 19.8. The van der Waals surface area contributed by atoms with Crippen molar-refractivity contribution in [2.45, 2.75) is 32.4 Å². The van der Waals surface area contributed by atoms with Gasteiger partial charge in [-0.2, -0.15) is 0 Å². The highest BCUT2D eigenvalue weighted by Crippen LogP contribution is 2.19. The van der Waals surface area contributed by atoms with Gasteiger partial charge >= 0.3 is 6.09 Å². The summed E-state index contributed by atoms with van der Waals surface area (Å²) in [6.07, 6.45) is -0.622. The summed E-state index contributed by atoms with van der Waals surface area (Å²) in [5, 5.41) is 0. The molecular weight excluding hydrogens is 258 g/mol. The fraction of sp³-hybridized carbons (Fsp3) is 0.467. The van der Waals surface area contributed by atoms with Gasteiger partial charge in [0.1, 0.15) is 12.7 Å². The van der Waals surface area contributed by atoms with Crippen LogP contribution in [-0.4, -0.2) is 42.3 Å². The van der Waals surface area contributed by atoms with E-state index in [2.05, 4.69) is 0 Å². The van der Waals surface area contributed by atoms with Gasteiger partial charge in [-0.3, -0.25) is 4.79 Å². The van der Waals surface area contributed by atoms with Gasteiger partial charge in [-0.1, -0.05) is 30.3 Å². The second-order valence-electron chi connectivity index (χ2n) is 4.73. The number of cyclic esters (lactones) is 1. The summed E-state index contributed by atoms with van der Waals surface area (Å²) in [7, 11) is 0. The summed E-state index contributed by atoms with van der Waals surface area (Å²) in [4.78, 5) is 25.2. The Labute approximate surface area is 118 Å². The van der Waals surface area contributed by atoms with Crippen LogP contribution in [-0.2, 0) is 20.7 Å². The van der Waals surface area contributed by atoms with Crippen LogP contribution in [0.2, 0.25) is 0 Å². The second kappa shape index (κ2) is 6.52. The maximum Gasteiger partial charge on any atom is 0.417 e. The number of imide groups is 1. The zero-order valence-corrected chi connectivity index (χ0v) is 11.7. The van der Waals surface area contributed by atoms with Crippen molar-refractivity contribution in [3.05, 3.63) is 35.9 Å². The second-order valence-corrected chi connectivity index (χ2v) is 4.73. The SMILES string of the molecule is CCOC(C)C(=O)N1C(=O)OCC1Cc1ccccc1. The Bertz CT molecular complexity index is 474. The average molecular weight is 277 g/mol. The van der Waals surface area contributed by atoms with Gasteiger partial charge in [-0.05, 0) is 25.8 Å². The van der Waals surface area contributed by atoms with E-state index < -0.39 is 12.2 Å². The third-order valence-electron chi connectivity index (χ3n) is 3.28. The molecule has 1 aromatic carbocycles. The fourth-order valence-electron chi connectivity index (χ4n) is 2.28. The Morgan fingerprint density at radius 3 is 2.80 bits per heavy atom. The number of benzene rings is 1. The van der Waals surface area contributed by atoms with E-state index in [0.717, 1.165) is 5.56 Å². The Hall–Kier alpha value is -1.88. The van der Waals surface area contributed by atoms with Gasteiger partial charge in [0.05, 0.1) is 6.04 Å². The third-order valence-corrected chi connectivity index (χ3v) is 3.28. The zero-order valence-electron chi connectivity index (χ0n) is 11.7. The highest BCUT2D eigenvalue weighted by Gasteiger charge is 2.39. The third kappa shape index (κ3) is 3.17. The molecule has 5 heteroatoms. The lowest BCUT2D eigenvalue weighted by Crippen LogP contribution is -2.45. The summed E-state index contributed by atoms with van der Waals surface area (Å²) in [6, 6.07) is 9.47. The zero-order chi connectivity index (χ0) is 14.5. The average Bonchev–Trinajstić information content (AvgIpc) is 2.80. The molecule has 20 heavy (non-hydrogen) atoms. The van der Waals surface area contributed by atoms with Crippen LogP contribution in [0.1, 0.15) is 19.4 Å². The first-order valence-electron chi connectivity index (χ1n) is 6.78. The highest BCUT2D eigenvalue weighted by molar-refractivity contribution is 5.95. The minimum absolute atomic E-state index is 0.234. The standard InChI is InChI=1S/C15H19NO4/c1-3-19-11(2)14(17)16-13(10-20-15(16)18)9-12-7-5-4-6-8-12/h4-8,11,13H,3,9-10H2,1-2H3. The van der Waals surface area contributed by atoms with Crippen molar-refractivity contribution in [1.29, 1.82) is 0 Å². The molecule has 0 saturated carbocycles. The predicted molar refractivity (Wildman–Crippen MR) is 73.2 cm³/mol. The topological polar surface area (TPSA) is 55.8 Å². The minimum atomic E-state index is -0.635. The molecule has 0 N–H and O–H groups in total. The minimum Gasteiger partial charge on any atom is -0.447 e. The van der Waals surface area contributed by atoms with Crippen molar-refractivity contribution >= 4 is 12.0 Å². The van der Waals surface area contributed by atoms with Gasteiger partial charge in [-0.15, -0.1) is 0 Å². The van der Waals surface area contributed by atoms with Gasteiger partial charge < -0.3 is 9.47 Å². The van der Waals surface area contributed by atoms with E-state index >= 15 is 0 Å². The van der Waals surface area contributed by atoms with Crippen molar-refractivity contribution in [3.63, 3.8) is 0 Å². The number of carbonyl (C=O) groups is 2. The lowest BCUT2D eigenvalue weighted by molar-refractivity contribution is -0.140. The van der Waals surface area contributed by atoms with Gasteiger partial charge in [0, 0.05) is 6.61 Å². The molecule has 108 valence electrons. The molecule has 1 fully saturated rings. The molecule has 0 radical (unpaired) electrons. The predicted octanol–water partition coefficient (Wildman–Crippen LogP) is 2.00. The van der Waals surface area contributed by atoms with E-state index in [1.807, 2.05) is 37.3 Å². The molecule has 1 aliphatic heterocycles. The van der Waals surface area contributed by atoms with Crippen molar-refractivity contribution in [2.24, 2.45) is 0 Å². The van der Waals surface area contributed by atoms with Gasteiger partial charge in [-0.25, -0.2) is 9.69 Å². The van der Waals surface area contributed by atoms with E-state index in [1.54, 1.807) is 6.92 Å². The van der Waals surface area contributed by atoms with Crippen LogP contribution in [0, 0.1) is 0 Å². The first-order valence-corrected chi connectivity index (χ1v) is 6.78.